The van der Waals surface area contributed by atoms with Crippen molar-refractivity contribution in [1.82, 2.24) is 0 Å². The van der Waals surface area contributed by atoms with Crippen LogP contribution in [0.3, 0.4) is 0 Å². The second-order valence-corrected chi connectivity index (χ2v) is 5.23. The van der Waals surface area contributed by atoms with Crippen molar-refractivity contribution < 1.29 is 27.4 Å². The van der Waals surface area contributed by atoms with E-state index in [1.807, 2.05) is 0 Å². The summed E-state index contributed by atoms with van der Waals surface area (Å²) in [5, 5.41) is 10.3. The Labute approximate surface area is 114 Å². The molecule has 0 radical (unpaired) electrons. The van der Waals surface area contributed by atoms with Crippen molar-refractivity contribution >= 4 is 0 Å². The van der Waals surface area contributed by atoms with Crippen LogP contribution in [0.2, 0.25) is 0 Å². The molecule has 0 saturated heterocycles. The van der Waals surface area contributed by atoms with Crippen molar-refractivity contribution in [2.75, 3.05) is 7.11 Å². The smallest absolute Gasteiger partial charge is 0.204 e. The van der Waals surface area contributed by atoms with Crippen LogP contribution in [0.4, 0.5) is 17.6 Å². The molecule has 1 aromatic carbocycles. The van der Waals surface area contributed by atoms with Gasteiger partial charge in [0.05, 0.1) is 12.7 Å². The minimum absolute atomic E-state index is 0.362. The summed E-state index contributed by atoms with van der Waals surface area (Å²) < 4.78 is 59.2. The van der Waals surface area contributed by atoms with Gasteiger partial charge in [0.25, 0.3) is 0 Å². The van der Waals surface area contributed by atoms with E-state index in [1.165, 1.54) is 0 Å². The van der Waals surface area contributed by atoms with Crippen molar-refractivity contribution in [3.8, 4) is 5.75 Å². The maximum Gasteiger partial charge on any atom is 0.204 e. The molecule has 0 unspecified atom stereocenters. The summed E-state index contributed by atoms with van der Waals surface area (Å²) in [6.45, 7) is 0. The first kappa shape index (κ1) is 15.1. The van der Waals surface area contributed by atoms with E-state index in [9.17, 15) is 22.7 Å². The second kappa shape index (κ2) is 5.60. The third-order valence-electron chi connectivity index (χ3n) is 3.81. The summed E-state index contributed by atoms with van der Waals surface area (Å²) in [5.74, 6) is -7.22. The van der Waals surface area contributed by atoms with Crippen LogP contribution in [-0.4, -0.2) is 17.8 Å². The van der Waals surface area contributed by atoms with Crippen LogP contribution < -0.4 is 4.74 Å². The van der Waals surface area contributed by atoms with Gasteiger partial charge in [0.15, 0.2) is 17.4 Å². The quantitative estimate of drug-likeness (QED) is 0.682. The van der Waals surface area contributed by atoms with Gasteiger partial charge in [-0.3, -0.25) is 0 Å². The highest BCUT2D eigenvalue weighted by atomic mass is 19.2. The highest BCUT2D eigenvalue weighted by Gasteiger charge is 2.34. The Hall–Kier alpha value is -1.30. The number of rotatable bonds is 3. The monoisotopic (exact) mass is 292 g/mol. The summed E-state index contributed by atoms with van der Waals surface area (Å²) in [7, 11) is 0.925. The fraction of sp³-hybridized carbons (Fsp3) is 0.571. The lowest BCUT2D eigenvalue weighted by Gasteiger charge is -2.32. The van der Waals surface area contributed by atoms with Crippen LogP contribution >= 0.6 is 0 Å². The van der Waals surface area contributed by atoms with Gasteiger partial charge in [-0.2, -0.15) is 8.78 Å². The number of hydrogen-bond donors (Lipinski definition) is 1. The van der Waals surface area contributed by atoms with E-state index >= 15 is 0 Å². The lowest BCUT2D eigenvalue weighted by molar-refractivity contribution is 0.00274. The summed E-state index contributed by atoms with van der Waals surface area (Å²) in [5.41, 5.74) is -2.07. The van der Waals surface area contributed by atoms with Crippen LogP contribution in [0.1, 0.15) is 37.7 Å². The highest BCUT2D eigenvalue weighted by Crippen LogP contribution is 2.36. The van der Waals surface area contributed by atoms with Crippen LogP contribution in [0, 0.1) is 23.3 Å². The number of benzene rings is 1. The van der Waals surface area contributed by atoms with Gasteiger partial charge in [0.2, 0.25) is 11.6 Å². The SMILES string of the molecule is COc1c(F)c(F)c(CC2(O)CCCCC2)c(F)c1F. The van der Waals surface area contributed by atoms with Gasteiger partial charge in [0, 0.05) is 12.0 Å². The molecule has 112 valence electrons. The number of ether oxygens (including phenoxy) is 1. The zero-order valence-electron chi connectivity index (χ0n) is 11.1. The van der Waals surface area contributed by atoms with Gasteiger partial charge < -0.3 is 9.84 Å². The van der Waals surface area contributed by atoms with E-state index in [-0.39, 0.29) is 0 Å². The molecule has 0 amide bonds. The molecule has 1 saturated carbocycles. The molecule has 1 fully saturated rings. The molecule has 1 aliphatic rings. The standard InChI is InChI=1S/C14H16F4O2/c1-20-13-11(17)9(15)8(10(16)12(13)18)7-14(19)5-3-2-4-6-14/h19H,2-7H2,1H3. The molecule has 0 aliphatic heterocycles. The molecule has 0 atom stereocenters. The van der Waals surface area contributed by atoms with E-state index in [0.29, 0.717) is 12.8 Å². The van der Waals surface area contributed by atoms with Crippen molar-refractivity contribution in [2.45, 2.75) is 44.1 Å². The third kappa shape index (κ3) is 2.61. The normalized spacial score (nSPS) is 18.1. The second-order valence-electron chi connectivity index (χ2n) is 5.23. The average Bonchev–Trinajstić information content (AvgIpc) is 2.43. The Morgan fingerprint density at radius 1 is 0.950 bits per heavy atom. The van der Waals surface area contributed by atoms with E-state index in [1.54, 1.807) is 0 Å². The van der Waals surface area contributed by atoms with Gasteiger partial charge in [-0.1, -0.05) is 19.3 Å². The molecule has 1 aliphatic carbocycles. The molecular formula is C14H16F4O2. The lowest BCUT2D eigenvalue weighted by Crippen LogP contribution is -2.34. The van der Waals surface area contributed by atoms with E-state index in [0.717, 1.165) is 26.4 Å². The van der Waals surface area contributed by atoms with Crippen molar-refractivity contribution in [3.05, 3.63) is 28.8 Å². The van der Waals surface area contributed by atoms with Gasteiger partial charge in [-0.25, -0.2) is 8.78 Å². The zero-order chi connectivity index (χ0) is 14.9. The summed E-state index contributed by atoms with van der Waals surface area (Å²) in [6, 6.07) is 0. The van der Waals surface area contributed by atoms with Crippen molar-refractivity contribution in [1.29, 1.82) is 0 Å². The molecule has 0 aromatic heterocycles. The first-order chi connectivity index (χ1) is 9.39. The van der Waals surface area contributed by atoms with Gasteiger partial charge in [0.1, 0.15) is 0 Å². The van der Waals surface area contributed by atoms with Gasteiger partial charge >= 0.3 is 0 Å². The lowest BCUT2D eigenvalue weighted by atomic mass is 9.80. The minimum Gasteiger partial charge on any atom is -0.491 e. The Bertz CT molecular complexity index is 481. The molecule has 0 heterocycles. The molecular weight excluding hydrogens is 276 g/mol. The number of methoxy groups -OCH3 is 1. The fourth-order valence-electron chi connectivity index (χ4n) is 2.71. The van der Waals surface area contributed by atoms with E-state index < -0.39 is 46.6 Å². The molecule has 6 heteroatoms. The predicted octanol–water partition coefficient (Wildman–Crippen LogP) is 3.49. The molecule has 0 spiro atoms. The Morgan fingerprint density at radius 3 is 1.90 bits per heavy atom. The molecule has 1 N–H and O–H groups in total. The number of hydrogen-bond acceptors (Lipinski definition) is 2. The molecule has 20 heavy (non-hydrogen) atoms. The van der Waals surface area contributed by atoms with Gasteiger partial charge in [-0.15, -0.1) is 0 Å². The van der Waals surface area contributed by atoms with Crippen LogP contribution in [0.5, 0.6) is 5.75 Å². The Balaban J connectivity index is 2.42. The van der Waals surface area contributed by atoms with Gasteiger partial charge in [-0.05, 0) is 12.8 Å². The Kier molecular flexibility index (Phi) is 4.22. The van der Waals surface area contributed by atoms with Crippen molar-refractivity contribution in [3.63, 3.8) is 0 Å². The first-order valence-corrected chi connectivity index (χ1v) is 6.51. The first-order valence-electron chi connectivity index (χ1n) is 6.51. The van der Waals surface area contributed by atoms with Crippen LogP contribution in [0.15, 0.2) is 0 Å². The van der Waals surface area contributed by atoms with Crippen molar-refractivity contribution in [2.24, 2.45) is 0 Å². The Morgan fingerprint density at radius 2 is 1.45 bits per heavy atom. The van der Waals surface area contributed by atoms with Crippen LogP contribution in [-0.2, 0) is 6.42 Å². The predicted molar refractivity (Wildman–Crippen MR) is 64.6 cm³/mol. The third-order valence-corrected chi connectivity index (χ3v) is 3.81. The molecule has 2 nitrogen and oxygen atoms in total. The zero-order valence-corrected chi connectivity index (χ0v) is 11.1. The average molecular weight is 292 g/mol. The maximum atomic E-state index is 13.8. The largest absolute Gasteiger partial charge is 0.491 e. The molecule has 0 bridgehead atoms. The summed E-state index contributed by atoms with van der Waals surface area (Å²) in [6.07, 6.45) is 2.66. The maximum absolute atomic E-state index is 13.8. The fourth-order valence-corrected chi connectivity index (χ4v) is 2.71. The summed E-state index contributed by atoms with van der Waals surface area (Å²) in [4.78, 5) is 0. The van der Waals surface area contributed by atoms with E-state index in [4.69, 9.17) is 0 Å². The summed E-state index contributed by atoms with van der Waals surface area (Å²) >= 11 is 0. The van der Waals surface area contributed by atoms with E-state index in [2.05, 4.69) is 4.74 Å². The topological polar surface area (TPSA) is 29.5 Å². The van der Waals surface area contributed by atoms with Crippen LogP contribution in [0.25, 0.3) is 0 Å². The number of aliphatic hydroxyl groups is 1. The molecule has 2 rings (SSSR count). The minimum atomic E-state index is -1.57. The number of halogens is 4. The molecule has 1 aromatic rings. The highest BCUT2D eigenvalue weighted by molar-refractivity contribution is 5.35.